The fourth-order valence-corrected chi connectivity index (χ4v) is 2.78. The zero-order valence-electron chi connectivity index (χ0n) is 12.1. The van der Waals surface area contributed by atoms with E-state index in [1.165, 1.54) is 0 Å². The topological polar surface area (TPSA) is 69.6 Å². The number of nitrogens with zero attached hydrogens (tertiary/aromatic N) is 1. The lowest BCUT2D eigenvalue weighted by Crippen LogP contribution is -2.42. The predicted molar refractivity (Wildman–Crippen MR) is 81.2 cm³/mol. The molecule has 1 unspecified atom stereocenters. The van der Waals surface area contributed by atoms with Crippen LogP contribution in [-0.2, 0) is 9.59 Å². The van der Waals surface area contributed by atoms with Gasteiger partial charge in [0.15, 0.2) is 0 Å². The second-order valence-electron chi connectivity index (χ2n) is 5.45. The van der Waals surface area contributed by atoms with Crippen LogP contribution in [0.5, 0.6) is 0 Å². The molecule has 1 atom stereocenters. The molecule has 1 aromatic rings. The largest absolute Gasteiger partial charge is 0.481 e. The van der Waals surface area contributed by atoms with E-state index in [0.29, 0.717) is 13.0 Å². The highest BCUT2D eigenvalue weighted by atomic mass is 16.4. The second-order valence-corrected chi connectivity index (χ2v) is 5.45. The van der Waals surface area contributed by atoms with Gasteiger partial charge >= 0.3 is 5.97 Å². The summed E-state index contributed by atoms with van der Waals surface area (Å²) in [5.74, 6) is -0.790. The number of piperidine rings is 1. The molecule has 5 nitrogen and oxygen atoms in total. The SMILES string of the molecule is O=C(O)CC1CCCCN1CCC(=O)Nc1ccccc1. The van der Waals surface area contributed by atoms with Gasteiger partial charge in [0.2, 0.25) is 5.91 Å². The summed E-state index contributed by atoms with van der Waals surface area (Å²) in [5, 5.41) is 11.8. The molecule has 1 heterocycles. The van der Waals surface area contributed by atoms with Crippen LogP contribution in [0.3, 0.4) is 0 Å². The number of anilines is 1. The summed E-state index contributed by atoms with van der Waals surface area (Å²) in [6.45, 7) is 1.51. The minimum Gasteiger partial charge on any atom is -0.481 e. The molecule has 0 aromatic heterocycles. The van der Waals surface area contributed by atoms with Crippen LogP contribution >= 0.6 is 0 Å². The molecule has 114 valence electrons. The van der Waals surface area contributed by atoms with Gasteiger partial charge in [0.05, 0.1) is 6.42 Å². The number of para-hydroxylation sites is 1. The van der Waals surface area contributed by atoms with Crippen molar-refractivity contribution in [3.8, 4) is 0 Å². The Balaban J connectivity index is 1.80. The van der Waals surface area contributed by atoms with E-state index in [2.05, 4.69) is 10.2 Å². The number of likely N-dealkylation sites (tertiary alicyclic amines) is 1. The Bertz CT molecular complexity index is 476. The molecule has 5 heteroatoms. The van der Waals surface area contributed by atoms with Crippen molar-refractivity contribution in [2.75, 3.05) is 18.4 Å². The van der Waals surface area contributed by atoms with E-state index in [4.69, 9.17) is 5.11 Å². The summed E-state index contributed by atoms with van der Waals surface area (Å²) in [5.41, 5.74) is 0.795. The van der Waals surface area contributed by atoms with Crippen LogP contribution in [0.15, 0.2) is 30.3 Å². The van der Waals surface area contributed by atoms with Crippen LogP contribution in [-0.4, -0.2) is 41.0 Å². The van der Waals surface area contributed by atoms with Crippen molar-refractivity contribution >= 4 is 17.6 Å². The van der Waals surface area contributed by atoms with Crippen LogP contribution in [0, 0.1) is 0 Å². The van der Waals surface area contributed by atoms with Crippen molar-refractivity contribution in [1.29, 1.82) is 0 Å². The Hall–Kier alpha value is -1.88. The highest BCUT2D eigenvalue weighted by molar-refractivity contribution is 5.90. The van der Waals surface area contributed by atoms with Crippen LogP contribution in [0.2, 0.25) is 0 Å². The van der Waals surface area contributed by atoms with Gasteiger partial charge in [-0.3, -0.25) is 14.5 Å². The monoisotopic (exact) mass is 290 g/mol. The van der Waals surface area contributed by atoms with E-state index in [0.717, 1.165) is 31.5 Å². The number of carbonyl (C=O) groups is 2. The summed E-state index contributed by atoms with van der Waals surface area (Å²) in [7, 11) is 0. The van der Waals surface area contributed by atoms with E-state index < -0.39 is 5.97 Å². The summed E-state index contributed by atoms with van der Waals surface area (Å²) in [4.78, 5) is 25.0. The standard InChI is InChI=1S/C16H22N2O3/c19-15(17-13-6-2-1-3-7-13)9-11-18-10-5-4-8-14(18)12-16(20)21/h1-3,6-7,14H,4-5,8-12H2,(H,17,19)(H,20,21). The van der Waals surface area contributed by atoms with E-state index in [1.54, 1.807) is 0 Å². The highest BCUT2D eigenvalue weighted by Crippen LogP contribution is 2.20. The fraction of sp³-hybridized carbons (Fsp3) is 0.500. The van der Waals surface area contributed by atoms with E-state index in [9.17, 15) is 9.59 Å². The molecule has 1 aliphatic rings. The third kappa shape index (κ3) is 5.19. The van der Waals surface area contributed by atoms with Gasteiger partial charge in [-0.15, -0.1) is 0 Å². The molecule has 0 aliphatic carbocycles. The van der Waals surface area contributed by atoms with Crippen molar-refractivity contribution in [2.45, 2.75) is 38.1 Å². The first-order valence-corrected chi connectivity index (χ1v) is 7.46. The zero-order chi connectivity index (χ0) is 15.1. The van der Waals surface area contributed by atoms with E-state index in [1.807, 2.05) is 30.3 Å². The third-order valence-corrected chi connectivity index (χ3v) is 3.84. The number of nitrogens with one attached hydrogen (secondary N) is 1. The molecule has 1 aromatic carbocycles. The first-order chi connectivity index (χ1) is 10.1. The number of rotatable bonds is 6. The maximum absolute atomic E-state index is 11.9. The van der Waals surface area contributed by atoms with Crippen LogP contribution in [0.1, 0.15) is 32.1 Å². The number of benzene rings is 1. The van der Waals surface area contributed by atoms with Gasteiger partial charge in [0.1, 0.15) is 0 Å². The molecular weight excluding hydrogens is 268 g/mol. The van der Waals surface area contributed by atoms with Gasteiger partial charge in [0.25, 0.3) is 0 Å². The molecule has 1 fully saturated rings. The Morgan fingerprint density at radius 1 is 1.24 bits per heavy atom. The molecule has 21 heavy (non-hydrogen) atoms. The third-order valence-electron chi connectivity index (χ3n) is 3.84. The second kappa shape index (κ2) is 7.78. The van der Waals surface area contributed by atoms with Crippen molar-refractivity contribution in [1.82, 2.24) is 4.90 Å². The Morgan fingerprint density at radius 3 is 2.71 bits per heavy atom. The summed E-state index contributed by atoms with van der Waals surface area (Å²) in [6.07, 6.45) is 3.62. The molecule has 2 N–H and O–H groups in total. The predicted octanol–water partition coefficient (Wildman–Crippen LogP) is 2.34. The van der Waals surface area contributed by atoms with Crippen LogP contribution in [0.4, 0.5) is 5.69 Å². The van der Waals surface area contributed by atoms with Crippen LogP contribution < -0.4 is 5.32 Å². The Labute approximate surface area is 125 Å². The first kappa shape index (κ1) is 15.5. The number of carboxylic acids is 1. The first-order valence-electron chi connectivity index (χ1n) is 7.46. The maximum atomic E-state index is 11.9. The fourth-order valence-electron chi connectivity index (χ4n) is 2.78. The molecule has 0 spiro atoms. The van der Waals surface area contributed by atoms with Gasteiger partial charge in [-0.05, 0) is 31.5 Å². The molecule has 0 bridgehead atoms. The summed E-state index contributed by atoms with van der Waals surface area (Å²) in [6, 6.07) is 9.44. The summed E-state index contributed by atoms with van der Waals surface area (Å²) >= 11 is 0. The van der Waals surface area contributed by atoms with Gasteiger partial charge in [-0.25, -0.2) is 0 Å². The van der Waals surface area contributed by atoms with Gasteiger partial charge < -0.3 is 10.4 Å². The number of hydrogen-bond donors (Lipinski definition) is 2. The average molecular weight is 290 g/mol. The lowest BCUT2D eigenvalue weighted by atomic mass is 9.99. The molecule has 1 aliphatic heterocycles. The van der Waals surface area contributed by atoms with Gasteiger partial charge in [-0.1, -0.05) is 24.6 Å². The summed E-state index contributed by atoms with van der Waals surface area (Å²) < 4.78 is 0. The average Bonchev–Trinajstić information content (AvgIpc) is 2.47. The van der Waals surface area contributed by atoms with E-state index in [-0.39, 0.29) is 18.4 Å². The van der Waals surface area contributed by atoms with Crippen LogP contribution in [0.25, 0.3) is 0 Å². The van der Waals surface area contributed by atoms with Crippen molar-refractivity contribution in [2.24, 2.45) is 0 Å². The van der Waals surface area contributed by atoms with Gasteiger partial charge in [0, 0.05) is 24.7 Å². The number of amides is 1. The van der Waals surface area contributed by atoms with Crippen molar-refractivity contribution < 1.29 is 14.7 Å². The molecular formula is C16H22N2O3. The lowest BCUT2D eigenvalue weighted by molar-refractivity contribution is -0.138. The Kier molecular flexibility index (Phi) is 5.75. The minimum atomic E-state index is -0.763. The maximum Gasteiger partial charge on any atom is 0.304 e. The highest BCUT2D eigenvalue weighted by Gasteiger charge is 2.24. The molecule has 1 amide bonds. The number of hydrogen-bond acceptors (Lipinski definition) is 3. The zero-order valence-corrected chi connectivity index (χ0v) is 12.1. The minimum absolute atomic E-state index is 0.0270. The molecule has 0 saturated carbocycles. The lowest BCUT2D eigenvalue weighted by Gasteiger charge is -2.34. The number of carbonyl (C=O) groups excluding carboxylic acids is 1. The van der Waals surface area contributed by atoms with Crippen molar-refractivity contribution in [3.63, 3.8) is 0 Å². The molecule has 0 radical (unpaired) electrons. The number of carboxylic acid groups (broad SMARTS) is 1. The number of aliphatic carboxylic acids is 1. The molecule has 1 saturated heterocycles. The molecule has 2 rings (SSSR count). The normalized spacial score (nSPS) is 19.1. The quantitative estimate of drug-likeness (QED) is 0.843. The Morgan fingerprint density at radius 2 is 2.00 bits per heavy atom. The smallest absolute Gasteiger partial charge is 0.304 e. The van der Waals surface area contributed by atoms with Crippen molar-refractivity contribution in [3.05, 3.63) is 30.3 Å². The van der Waals surface area contributed by atoms with E-state index >= 15 is 0 Å². The van der Waals surface area contributed by atoms with Gasteiger partial charge in [-0.2, -0.15) is 0 Å².